The zero-order chi connectivity index (χ0) is 34.3. The van der Waals surface area contributed by atoms with Gasteiger partial charge in [-0.1, -0.05) is 180 Å². The van der Waals surface area contributed by atoms with E-state index in [1.165, 1.54) is 148 Å². The van der Waals surface area contributed by atoms with E-state index in [4.69, 9.17) is 18.9 Å². The Kier molecular flexibility index (Phi) is 29.1. The smallest absolute Gasteiger partial charge is 0.253 e. The van der Waals surface area contributed by atoms with Gasteiger partial charge in [-0.2, -0.15) is 0 Å². The van der Waals surface area contributed by atoms with Crippen molar-refractivity contribution in [1.82, 2.24) is 5.32 Å². The van der Waals surface area contributed by atoms with Gasteiger partial charge in [0.05, 0.1) is 18.8 Å². The maximum Gasteiger partial charge on any atom is 0.253 e. The minimum Gasteiger partial charge on any atom is -0.359 e. The molecule has 0 aromatic heterocycles. The molecule has 0 aliphatic carbocycles. The maximum absolute atomic E-state index is 13.3. The monoisotopic (exact) mass is 666 g/mol. The van der Waals surface area contributed by atoms with Crippen molar-refractivity contribution >= 4 is 5.91 Å². The highest BCUT2D eigenvalue weighted by Gasteiger charge is 2.37. The summed E-state index contributed by atoms with van der Waals surface area (Å²) in [5.74, 6) is -0.789. The van der Waals surface area contributed by atoms with Gasteiger partial charge in [0, 0.05) is 7.11 Å². The second-order valence-electron chi connectivity index (χ2n) is 14.6. The molecule has 278 valence electrons. The Morgan fingerprint density at radius 1 is 0.723 bits per heavy atom. The van der Waals surface area contributed by atoms with Gasteiger partial charge in [0.15, 0.2) is 11.9 Å². The van der Waals surface area contributed by atoms with Crippen molar-refractivity contribution in [2.75, 3.05) is 20.5 Å². The van der Waals surface area contributed by atoms with Gasteiger partial charge in [-0.15, -0.1) is 0 Å². The first-order chi connectivity index (χ1) is 22.9. The second kappa shape index (κ2) is 31.1. The molecule has 1 aliphatic heterocycles. The third-order valence-electron chi connectivity index (χ3n) is 9.57. The number of rotatable bonds is 33. The van der Waals surface area contributed by atoms with Crippen LogP contribution in [-0.4, -0.2) is 50.5 Å². The molecule has 0 radical (unpaired) electrons. The fraction of sp³-hybridized carbons (Fsp3) is 0.927. The minimum absolute atomic E-state index is 0.0662. The van der Waals surface area contributed by atoms with Crippen LogP contribution in [0.5, 0.6) is 0 Å². The van der Waals surface area contributed by atoms with Crippen molar-refractivity contribution in [3.8, 4) is 0 Å². The molecule has 1 N–H and O–H groups in total. The van der Waals surface area contributed by atoms with Gasteiger partial charge in [0.1, 0.15) is 6.79 Å². The van der Waals surface area contributed by atoms with Gasteiger partial charge in [-0.3, -0.25) is 4.79 Å². The van der Waals surface area contributed by atoms with E-state index in [1.807, 2.05) is 19.9 Å². The molecule has 0 aromatic rings. The molecule has 1 amide bonds. The minimum atomic E-state index is -0.681. The predicted octanol–water partition coefficient (Wildman–Crippen LogP) is 11.7. The van der Waals surface area contributed by atoms with Crippen LogP contribution in [-0.2, 0) is 23.7 Å². The van der Waals surface area contributed by atoms with Crippen LogP contribution < -0.4 is 5.32 Å². The van der Waals surface area contributed by atoms with Crippen molar-refractivity contribution in [2.24, 2.45) is 0 Å². The van der Waals surface area contributed by atoms with Crippen molar-refractivity contribution in [1.29, 1.82) is 0 Å². The van der Waals surface area contributed by atoms with Crippen molar-refractivity contribution < 1.29 is 23.7 Å². The van der Waals surface area contributed by atoms with Gasteiger partial charge in [0.2, 0.25) is 0 Å². The average molecular weight is 666 g/mol. The molecular weight excluding hydrogens is 586 g/mol. The molecule has 1 heterocycles. The van der Waals surface area contributed by atoms with E-state index < -0.39 is 11.9 Å². The summed E-state index contributed by atoms with van der Waals surface area (Å²) in [6.45, 7) is 9.01. The van der Waals surface area contributed by atoms with Crippen molar-refractivity contribution in [3.63, 3.8) is 0 Å². The van der Waals surface area contributed by atoms with Crippen LogP contribution in [0, 0.1) is 0 Å². The summed E-state index contributed by atoms with van der Waals surface area (Å²) in [7, 11) is 1.58. The lowest BCUT2D eigenvalue weighted by molar-refractivity contribution is -0.283. The lowest BCUT2D eigenvalue weighted by Gasteiger charge is -2.41. The van der Waals surface area contributed by atoms with Crippen molar-refractivity contribution in [2.45, 2.75) is 225 Å². The fourth-order valence-electron chi connectivity index (χ4n) is 6.58. The quantitative estimate of drug-likeness (QED) is 0.0429. The predicted molar refractivity (Wildman–Crippen MR) is 199 cm³/mol. The number of unbranched alkanes of at least 4 members (excludes halogenated alkanes) is 24. The van der Waals surface area contributed by atoms with E-state index in [2.05, 4.69) is 25.2 Å². The Bertz CT molecular complexity index is 727. The fourth-order valence-corrected chi connectivity index (χ4v) is 6.58. The van der Waals surface area contributed by atoms with Crippen LogP contribution in [0.2, 0.25) is 0 Å². The Balaban J connectivity index is 2.32. The summed E-state index contributed by atoms with van der Waals surface area (Å²) in [6.07, 6.45) is 38.6. The first kappa shape index (κ1) is 44.1. The number of hydrogen-bond acceptors (Lipinski definition) is 5. The van der Waals surface area contributed by atoms with Gasteiger partial charge >= 0.3 is 0 Å². The lowest BCUT2D eigenvalue weighted by Crippen LogP contribution is -2.57. The second-order valence-corrected chi connectivity index (χ2v) is 14.6. The number of carbonyl (C=O) groups is 1. The van der Waals surface area contributed by atoms with Crippen LogP contribution in [0.25, 0.3) is 0 Å². The van der Waals surface area contributed by atoms with Gasteiger partial charge < -0.3 is 24.3 Å². The van der Waals surface area contributed by atoms with Gasteiger partial charge in [-0.05, 0) is 33.1 Å². The van der Waals surface area contributed by atoms with Crippen LogP contribution in [0.4, 0.5) is 0 Å². The normalized spacial score (nSPS) is 18.6. The standard InChI is InChI=1S/C41H79NO5/c1-6-8-10-12-14-16-18-20-22-24-26-28-30-32-34-39(45-36-44-5)40(43)42-37-35-46-41(3,4)47-38(37)33-31-29-27-25-23-21-19-17-15-13-11-9-7-2/h32,34,37-39H,6-31,33,35-36H2,1-5H3,(H,42,43)/b34-32-/t37-,38+,39-/m0/s1. The first-order valence-corrected chi connectivity index (χ1v) is 20.3. The van der Waals surface area contributed by atoms with E-state index >= 15 is 0 Å². The number of hydrogen-bond donors (Lipinski definition) is 1. The van der Waals surface area contributed by atoms with E-state index in [0.29, 0.717) is 6.61 Å². The average Bonchev–Trinajstić information content (AvgIpc) is 3.05. The molecule has 0 saturated carbocycles. The highest BCUT2D eigenvalue weighted by molar-refractivity contribution is 5.83. The van der Waals surface area contributed by atoms with Crippen LogP contribution in [0.15, 0.2) is 12.2 Å². The Morgan fingerprint density at radius 2 is 1.17 bits per heavy atom. The molecule has 6 heteroatoms. The molecule has 0 bridgehead atoms. The summed E-state index contributed by atoms with van der Waals surface area (Å²) in [5.41, 5.74) is 0. The highest BCUT2D eigenvalue weighted by Crippen LogP contribution is 2.26. The molecular formula is C41H79NO5. The molecule has 0 spiro atoms. The molecule has 0 aromatic carbocycles. The lowest BCUT2D eigenvalue weighted by atomic mass is 10.00. The largest absolute Gasteiger partial charge is 0.359 e. The number of carbonyl (C=O) groups excluding carboxylic acids is 1. The SMILES string of the molecule is CCCCCCCCCCCCCC/C=C\[C@H](OCOC)C(=O)N[C@H]1COC(C)(C)O[C@@H]1CCCCCCCCCCCCCCC. The summed E-state index contributed by atoms with van der Waals surface area (Å²) in [6, 6.07) is -0.189. The highest BCUT2D eigenvalue weighted by atomic mass is 16.7. The van der Waals surface area contributed by atoms with E-state index in [-0.39, 0.29) is 24.8 Å². The molecule has 3 atom stereocenters. The summed E-state index contributed by atoms with van der Waals surface area (Å²) >= 11 is 0. The molecule has 6 nitrogen and oxygen atoms in total. The molecule has 1 rings (SSSR count). The third-order valence-corrected chi connectivity index (χ3v) is 9.57. The molecule has 1 aliphatic rings. The van der Waals surface area contributed by atoms with Gasteiger partial charge in [-0.25, -0.2) is 0 Å². The zero-order valence-electron chi connectivity index (χ0n) is 31.9. The van der Waals surface area contributed by atoms with Crippen molar-refractivity contribution in [3.05, 3.63) is 12.2 Å². The topological polar surface area (TPSA) is 66.0 Å². The maximum atomic E-state index is 13.3. The van der Waals surface area contributed by atoms with Crippen LogP contribution in [0.3, 0.4) is 0 Å². The first-order valence-electron chi connectivity index (χ1n) is 20.3. The Hall–Kier alpha value is -0.950. The van der Waals surface area contributed by atoms with Crippen LogP contribution in [0.1, 0.15) is 201 Å². The van der Waals surface area contributed by atoms with Gasteiger partial charge in [0.25, 0.3) is 5.91 Å². The molecule has 1 fully saturated rings. The summed E-state index contributed by atoms with van der Waals surface area (Å²) in [5, 5.41) is 3.19. The number of amides is 1. The molecule has 0 unspecified atom stereocenters. The number of methoxy groups -OCH3 is 1. The van der Waals surface area contributed by atoms with E-state index in [1.54, 1.807) is 7.11 Å². The third kappa shape index (κ3) is 25.7. The Morgan fingerprint density at radius 3 is 1.64 bits per heavy atom. The zero-order valence-corrected chi connectivity index (χ0v) is 31.9. The number of allylic oxidation sites excluding steroid dienone is 1. The van der Waals surface area contributed by atoms with E-state index in [0.717, 1.165) is 25.7 Å². The van der Waals surface area contributed by atoms with E-state index in [9.17, 15) is 4.79 Å². The summed E-state index contributed by atoms with van der Waals surface area (Å²) < 4.78 is 23.2. The van der Waals surface area contributed by atoms with Crippen LogP contribution >= 0.6 is 0 Å². The summed E-state index contributed by atoms with van der Waals surface area (Å²) in [4.78, 5) is 13.3. The number of ether oxygens (including phenoxy) is 4. The number of nitrogens with one attached hydrogen (secondary N) is 1. The Labute approximate surface area is 292 Å². The molecule has 47 heavy (non-hydrogen) atoms. The molecule has 1 saturated heterocycles.